The molecule has 5 nitrogen and oxygen atoms in total. The highest BCUT2D eigenvalue weighted by Gasteiger charge is 2.33. The van der Waals surface area contributed by atoms with Crippen molar-refractivity contribution in [1.82, 2.24) is 4.31 Å². The summed E-state index contributed by atoms with van der Waals surface area (Å²) in [5.41, 5.74) is 6.34. The Hall–Kier alpha value is -1.18. The molecule has 1 heterocycles. The van der Waals surface area contributed by atoms with Crippen LogP contribution in [0.5, 0.6) is 0 Å². The molecule has 0 saturated carbocycles. The molecule has 18 heavy (non-hydrogen) atoms. The summed E-state index contributed by atoms with van der Waals surface area (Å²) in [6.45, 7) is 1.79. The predicted molar refractivity (Wildman–Crippen MR) is 64.9 cm³/mol. The van der Waals surface area contributed by atoms with Crippen LogP contribution in [0.2, 0.25) is 0 Å². The van der Waals surface area contributed by atoms with Crippen LogP contribution < -0.4 is 5.73 Å². The maximum absolute atomic E-state index is 13.8. The average Bonchev–Trinajstić information content (AvgIpc) is 2.70. The fourth-order valence-corrected chi connectivity index (χ4v) is 3.51. The largest absolute Gasteiger partial charge is 0.398 e. The number of aryl methyl sites for hydroxylation is 1. The van der Waals surface area contributed by atoms with Gasteiger partial charge in [0.1, 0.15) is 10.7 Å². The summed E-state index contributed by atoms with van der Waals surface area (Å²) in [6, 6.07) is 2.24. The zero-order valence-electron chi connectivity index (χ0n) is 9.93. The highest BCUT2D eigenvalue weighted by Crippen LogP contribution is 2.26. The summed E-state index contributed by atoms with van der Waals surface area (Å²) >= 11 is 0. The van der Waals surface area contributed by atoms with E-state index >= 15 is 0 Å². The number of rotatable bonds is 2. The lowest BCUT2D eigenvalue weighted by atomic mass is 10.2. The molecule has 100 valence electrons. The summed E-state index contributed by atoms with van der Waals surface area (Å²) < 4.78 is 39.2. The lowest BCUT2D eigenvalue weighted by Crippen LogP contribution is -2.30. The van der Waals surface area contributed by atoms with Gasteiger partial charge in [-0.2, -0.15) is 4.31 Å². The van der Waals surface area contributed by atoms with E-state index in [1.165, 1.54) is 0 Å². The fourth-order valence-electron chi connectivity index (χ4n) is 1.93. The van der Waals surface area contributed by atoms with Gasteiger partial charge in [0.25, 0.3) is 0 Å². The van der Waals surface area contributed by atoms with Gasteiger partial charge in [0.2, 0.25) is 10.0 Å². The van der Waals surface area contributed by atoms with Gasteiger partial charge >= 0.3 is 0 Å². The van der Waals surface area contributed by atoms with Crippen LogP contribution in [-0.4, -0.2) is 37.0 Å². The molecule has 1 aliphatic heterocycles. The zero-order chi connectivity index (χ0) is 13.5. The van der Waals surface area contributed by atoms with Crippen LogP contribution in [0.1, 0.15) is 12.0 Å². The number of hydrogen-bond donors (Lipinski definition) is 2. The van der Waals surface area contributed by atoms with Crippen LogP contribution in [0, 0.1) is 12.7 Å². The second-order valence-corrected chi connectivity index (χ2v) is 6.35. The zero-order valence-corrected chi connectivity index (χ0v) is 10.7. The van der Waals surface area contributed by atoms with Gasteiger partial charge in [-0.1, -0.05) is 0 Å². The lowest BCUT2D eigenvalue weighted by Gasteiger charge is -2.17. The standard InChI is InChI=1S/C11H15FN2O3S/c1-7-4-9(12)11(5-10(7)13)18(16,17)14-3-2-8(15)6-14/h4-5,8,15H,2-3,6,13H2,1H3/t8-/m1/s1. The summed E-state index contributed by atoms with van der Waals surface area (Å²) in [7, 11) is -3.92. The lowest BCUT2D eigenvalue weighted by molar-refractivity contribution is 0.189. The molecule has 0 bridgehead atoms. The molecule has 1 aliphatic rings. The van der Waals surface area contributed by atoms with Crippen molar-refractivity contribution in [2.45, 2.75) is 24.3 Å². The molecule has 1 aromatic rings. The fraction of sp³-hybridized carbons (Fsp3) is 0.455. The average molecular weight is 274 g/mol. The third kappa shape index (κ3) is 2.21. The van der Waals surface area contributed by atoms with Gasteiger partial charge in [-0.3, -0.25) is 0 Å². The summed E-state index contributed by atoms with van der Waals surface area (Å²) in [5, 5.41) is 9.35. The molecule has 0 unspecified atom stereocenters. The molecular weight excluding hydrogens is 259 g/mol. The summed E-state index contributed by atoms with van der Waals surface area (Å²) in [5.74, 6) is -0.817. The Kier molecular flexibility index (Phi) is 3.31. The first kappa shape index (κ1) is 13.3. The van der Waals surface area contributed by atoms with Crippen molar-refractivity contribution in [3.63, 3.8) is 0 Å². The SMILES string of the molecule is Cc1cc(F)c(S(=O)(=O)N2CC[C@@H](O)C2)cc1N. The molecular formula is C11H15FN2O3S. The van der Waals surface area contributed by atoms with Crippen molar-refractivity contribution in [1.29, 1.82) is 0 Å². The van der Waals surface area contributed by atoms with Crippen LogP contribution in [0.3, 0.4) is 0 Å². The Labute approximate surface area is 105 Å². The van der Waals surface area contributed by atoms with E-state index in [0.29, 0.717) is 12.0 Å². The van der Waals surface area contributed by atoms with Crippen molar-refractivity contribution in [2.24, 2.45) is 0 Å². The molecule has 0 aromatic heterocycles. The second-order valence-electron chi connectivity index (χ2n) is 4.44. The van der Waals surface area contributed by atoms with Crippen molar-refractivity contribution in [3.8, 4) is 0 Å². The maximum Gasteiger partial charge on any atom is 0.246 e. The Morgan fingerprint density at radius 1 is 1.50 bits per heavy atom. The number of hydrogen-bond acceptors (Lipinski definition) is 4. The number of nitrogens with two attached hydrogens (primary N) is 1. The number of benzene rings is 1. The molecule has 7 heteroatoms. The van der Waals surface area contributed by atoms with E-state index in [1.807, 2.05) is 0 Å². The third-order valence-corrected chi connectivity index (χ3v) is 4.94. The highest BCUT2D eigenvalue weighted by atomic mass is 32.2. The third-order valence-electron chi connectivity index (χ3n) is 3.06. The molecule has 0 amide bonds. The smallest absolute Gasteiger partial charge is 0.246 e. The van der Waals surface area contributed by atoms with E-state index in [9.17, 15) is 17.9 Å². The first-order valence-corrected chi connectivity index (χ1v) is 7.00. The van der Waals surface area contributed by atoms with Crippen molar-refractivity contribution in [3.05, 3.63) is 23.5 Å². The van der Waals surface area contributed by atoms with E-state index in [0.717, 1.165) is 16.4 Å². The Morgan fingerprint density at radius 2 is 2.17 bits per heavy atom. The number of halogens is 1. The minimum absolute atomic E-state index is 0.00441. The molecule has 0 spiro atoms. The van der Waals surface area contributed by atoms with Crippen LogP contribution >= 0.6 is 0 Å². The first-order valence-electron chi connectivity index (χ1n) is 5.56. The van der Waals surface area contributed by atoms with Crippen LogP contribution in [-0.2, 0) is 10.0 Å². The summed E-state index contributed by atoms with van der Waals surface area (Å²) in [6.07, 6.45) is -0.326. The molecule has 2 rings (SSSR count). The van der Waals surface area contributed by atoms with Gasteiger partial charge in [0.05, 0.1) is 6.10 Å². The van der Waals surface area contributed by atoms with Gasteiger partial charge in [0, 0.05) is 18.8 Å². The van der Waals surface area contributed by atoms with Gasteiger partial charge in [-0.25, -0.2) is 12.8 Å². The molecule has 0 radical (unpaired) electrons. The Bertz CT molecular complexity index is 574. The topological polar surface area (TPSA) is 83.6 Å². The number of β-amino-alcohol motifs (C(OH)–C–C–N with tert-alkyl or cyclic N) is 1. The highest BCUT2D eigenvalue weighted by molar-refractivity contribution is 7.89. The maximum atomic E-state index is 13.8. The van der Waals surface area contributed by atoms with Crippen molar-refractivity contribution in [2.75, 3.05) is 18.8 Å². The Morgan fingerprint density at radius 3 is 2.72 bits per heavy atom. The molecule has 1 atom stereocenters. The van der Waals surface area contributed by atoms with Crippen molar-refractivity contribution < 1.29 is 17.9 Å². The van der Waals surface area contributed by atoms with Gasteiger partial charge in [-0.15, -0.1) is 0 Å². The number of anilines is 1. The first-order chi connectivity index (χ1) is 8.32. The predicted octanol–water partition coefficient (Wildman–Crippen LogP) is 0.472. The quantitative estimate of drug-likeness (QED) is 0.768. The second kappa shape index (κ2) is 4.49. The molecule has 1 saturated heterocycles. The van der Waals surface area contributed by atoms with Gasteiger partial charge < -0.3 is 10.8 Å². The van der Waals surface area contributed by atoms with E-state index in [-0.39, 0.29) is 18.8 Å². The number of aliphatic hydroxyl groups excluding tert-OH is 1. The van der Waals surface area contributed by atoms with Crippen LogP contribution in [0.25, 0.3) is 0 Å². The number of sulfonamides is 1. The Balaban J connectivity index is 2.45. The normalized spacial score (nSPS) is 21.4. The molecule has 0 aliphatic carbocycles. The monoisotopic (exact) mass is 274 g/mol. The van der Waals surface area contributed by atoms with Crippen LogP contribution in [0.15, 0.2) is 17.0 Å². The van der Waals surface area contributed by atoms with Gasteiger partial charge in [0.15, 0.2) is 0 Å². The van der Waals surface area contributed by atoms with E-state index < -0.39 is 26.8 Å². The van der Waals surface area contributed by atoms with E-state index in [2.05, 4.69) is 0 Å². The van der Waals surface area contributed by atoms with E-state index in [1.54, 1.807) is 6.92 Å². The minimum Gasteiger partial charge on any atom is -0.398 e. The van der Waals surface area contributed by atoms with Crippen molar-refractivity contribution >= 4 is 15.7 Å². The minimum atomic E-state index is -3.92. The summed E-state index contributed by atoms with van der Waals surface area (Å²) in [4.78, 5) is -0.431. The molecule has 1 fully saturated rings. The number of nitrogens with zero attached hydrogens (tertiary/aromatic N) is 1. The molecule has 3 N–H and O–H groups in total. The number of aliphatic hydroxyl groups is 1. The molecule has 1 aromatic carbocycles. The van der Waals surface area contributed by atoms with E-state index in [4.69, 9.17) is 5.73 Å². The van der Waals surface area contributed by atoms with Crippen LogP contribution in [0.4, 0.5) is 10.1 Å². The number of nitrogen functional groups attached to an aromatic ring is 1. The van der Waals surface area contributed by atoms with Gasteiger partial charge in [-0.05, 0) is 31.0 Å².